The largest absolute Gasteiger partial charge is 0.356 e. The van der Waals surface area contributed by atoms with E-state index in [0.717, 1.165) is 79.9 Å². The molecule has 156 valence electrons. The average molecular weight is 424 g/mol. The van der Waals surface area contributed by atoms with Gasteiger partial charge in [-0.3, -0.25) is 9.79 Å². The Morgan fingerprint density at radius 1 is 1.21 bits per heavy atom. The number of nitrogens with one attached hydrogen (secondary N) is 2. The second-order valence-corrected chi connectivity index (χ2v) is 10.1. The summed E-state index contributed by atoms with van der Waals surface area (Å²) in [6.45, 7) is 6.84. The molecule has 0 radical (unpaired) electrons. The topological polar surface area (TPSA) is 69.6 Å². The number of hydrogen-bond acceptors (Lipinski definition) is 5. The number of guanidine groups is 1. The highest BCUT2D eigenvalue weighted by Crippen LogP contribution is 2.27. The standard InChI is InChI=1S/C20H33N5OS2/c1-14-18(28-15(2)23-14)8-9-22-20(21-3)24-17-6-4-16(5-7-17)19(26)25-10-12-27-13-11-25/h16-17H,4-13H2,1-3H3,(H2,21,22,24). The van der Waals surface area contributed by atoms with E-state index >= 15 is 0 Å². The number of carbonyl (C=O) groups excluding carboxylic acids is 1. The smallest absolute Gasteiger partial charge is 0.225 e. The first-order chi connectivity index (χ1) is 13.6. The molecule has 2 N–H and O–H groups in total. The first-order valence-corrected chi connectivity index (χ1v) is 12.3. The van der Waals surface area contributed by atoms with Gasteiger partial charge < -0.3 is 15.5 Å². The number of nitrogens with zero attached hydrogens (tertiary/aromatic N) is 3. The van der Waals surface area contributed by atoms with Crippen molar-refractivity contribution in [2.24, 2.45) is 10.9 Å². The molecule has 2 fully saturated rings. The number of thioether (sulfide) groups is 1. The highest BCUT2D eigenvalue weighted by Gasteiger charge is 2.30. The molecule has 3 rings (SSSR count). The van der Waals surface area contributed by atoms with E-state index in [4.69, 9.17) is 0 Å². The predicted molar refractivity (Wildman–Crippen MR) is 119 cm³/mol. The van der Waals surface area contributed by atoms with Crippen LogP contribution in [0.1, 0.15) is 41.3 Å². The SMILES string of the molecule is CN=C(NCCc1sc(C)nc1C)NC1CCC(C(=O)N2CCSCC2)CC1. The molecule has 1 aromatic rings. The predicted octanol–water partition coefficient (Wildman–Crippen LogP) is 2.60. The third-order valence-electron chi connectivity index (χ3n) is 5.61. The highest BCUT2D eigenvalue weighted by atomic mass is 32.2. The summed E-state index contributed by atoms with van der Waals surface area (Å²) in [6, 6.07) is 0.402. The maximum absolute atomic E-state index is 12.7. The summed E-state index contributed by atoms with van der Waals surface area (Å²) in [4.78, 5) is 25.0. The van der Waals surface area contributed by atoms with Crippen LogP contribution >= 0.6 is 23.1 Å². The Bertz CT molecular complexity index is 676. The van der Waals surface area contributed by atoms with Gasteiger partial charge in [0.05, 0.1) is 10.7 Å². The molecule has 1 saturated carbocycles. The number of rotatable bonds is 5. The number of aryl methyl sites for hydroxylation is 2. The van der Waals surface area contributed by atoms with Crippen molar-refractivity contribution in [3.8, 4) is 0 Å². The van der Waals surface area contributed by atoms with Crippen molar-refractivity contribution >= 4 is 35.0 Å². The van der Waals surface area contributed by atoms with Gasteiger partial charge in [0.15, 0.2) is 5.96 Å². The van der Waals surface area contributed by atoms with E-state index in [1.54, 1.807) is 11.3 Å². The Balaban J connectivity index is 1.39. The van der Waals surface area contributed by atoms with Crippen molar-refractivity contribution < 1.29 is 4.79 Å². The van der Waals surface area contributed by atoms with E-state index < -0.39 is 0 Å². The molecule has 1 aliphatic heterocycles. The van der Waals surface area contributed by atoms with Crippen molar-refractivity contribution in [1.82, 2.24) is 20.5 Å². The molecule has 0 bridgehead atoms. The Morgan fingerprint density at radius 2 is 1.93 bits per heavy atom. The second kappa shape index (κ2) is 10.5. The van der Waals surface area contributed by atoms with Crippen LogP contribution in [-0.2, 0) is 11.2 Å². The zero-order chi connectivity index (χ0) is 19.9. The van der Waals surface area contributed by atoms with Gasteiger partial charge in [-0.15, -0.1) is 11.3 Å². The third-order valence-corrected chi connectivity index (χ3v) is 7.68. The number of carbonyl (C=O) groups is 1. The lowest BCUT2D eigenvalue weighted by molar-refractivity contribution is -0.136. The zero-order valence-corrected chi connectivity index (χ0v) is 18.9. The molecule has 28 heavy (non-hydrogen) atoms. The molecular formula is C20H33N5OS2. The molecular weight excluding hydrogens is 390 g/mol. The Kier molecular flexibility index (Phi) is 8.02. The van der Waals surface area contributed by atoms with Crippen molar-refractivity contribution in [1.29, 1.82) is 0 Å². The third kappa shape index (κ3) is 5.86. The van der Waals surface area contributed by atoms with Gasteiger partial charge in [-0.1, -0.05) is 0 Å². The molecule has 2 heterocycles. The fourth-order valence-electron chi connectivity index (χ4n) is 4.01. The summed E-state index contributed by atoms with van der Waals surface area (Å²) < 4.78 is 0. The van der Waals surface area contributed by atoms with Crippen molar-refractivity contribution in [3.05, 3.63) is 15.6 Å². The molecule has 6 nitrogen and oxygen atoms in total. The quantitative estimate of drug-likeness (QED) is 0.563. The minimum Gasteiger partial charge on any atom is -0.356 e. The monoisotopic (exact) mass is 423 g/mol. The van der Waals surface area contributed by atoms with Gasteiger partial charge in [0.1, 0.15) is 0 Å². The van der Waals surface area contributed by atoms with Gasteiger partial charge >= 0.3 is 0 Å². The molecule has 0 unspecified atom stereocenters. The summed E-state index contributed by atoms with van der Waals surface area (Å²) in [5.74, 6) is 3.64. The van der Waals surface area contributed by atoms with Crippen LogP contribution in [0.5, 0.6) is 0 Å². The summed E-state index contributed by atoms with van der Waals surface area (Å²) in [6.07, 6.45) is 5.00. The first-order valence-electron chi connectivity index (χ1n) is 10.3. The number of aromatic nitrogens is 1. The van der Waals surface area contributed by atoms with Crippen molar-refractivity contribution in [3.63, 3.8) is 0 Å². The fraction of sp³-hybridized carbons (Fsp3) is 0.750. The van der Waals surface area contributed by atoms with Crippen LogP contribution in [0.4, 0.5) is 0 Å². The molecule has 1 amide bonds. The maximum atomic E-state index is 12.7. The van der Waals surface area contributed by atoms with Gasteiger partial charge in [-0.25, -0.2) is 4.98 Å². The summed E-state index contributed by atoms with van der Waals surface area (Å²) in [5, 5.41) is 8.11. The zero-order valence-electron chi connectivity index (χ0n) is 17.3. The lowest BCUT2D eigenvalue weighted by atomic mass is 9.85. The van der Waals surface area contributed by atoms with Crippen LogP contribution in [-0.4, -0.2) is 66.0 Å². The van der Waals surface area contributed by atoms with E-state index in [-0.39, 0.29) is 5.92 Å². The number of aliphatic imine (C=N–C) groups is 1. The second-order valence-electron chi connectivity index (χ2n) is 7.62. The maximum Gasteiger partial charge on any atom is 0.225 e. The van der Waals surface area contributed by atoms with Crippen LogP contribution in [0.3, 0.4) is 0 Å². The molecule has 1 saturated heterocycles. The number of amides is 1. The average Bonchev–Trinajstić information content (AvgIpc) is 3.04. The van der Waals surface area contributed by atoms with E-state index in [0.29, 0.717) is 11.9 Å². The molecule has 0 spiro atoms. The molecule has 0 atom stereocenters. The van der Waals surface area contributed by atoms with Gasteiger partial charge in [-0.05, 0) is 39.5 Å². The molecule has 1 aliphatic carbocycles. The lowest BCUT2D eigenvalue weighted by Gasteiger charge is -2.34. The van der Waals surface area contributed by atoms with Gasteiger partial charge in [0, 0.05) is 61.4 Å². The lowest BCUT2D eigenvalue weighted by Crippen LogP contribution is -2.47. The van der Waals surface area contributed by atoms with E-state index in [1.807, 2.05) is 18.8 Å². The van der Waals surface area contributed by atoms with Crippen LogP contribution in [0.25, 0.3) is 0 Å². The van der Waals surface area contributed by atoms with Gasteiger partial charge in [-0.2, -0.15) is 11.8 Å². The molecule has 1 aromatic heterocycles. The van der Waals surface area contributed by atoms with Crippen molar-refractivity contribution in [2.45, 2.75) is 52.0 Å². The van der Waals surface area contributed by atoms with E-state index in [1.165, 1.54) is 4.88 Å². The highest BCUT2D eigenvalue weighted by molar-refractivity contribution is 7.99. The summed E-state index contributed by atoms with van der Waals surface area (Å²) >= 11 is 3.73. The van der Waals surface area contributed by atoms with Crippen LogP contribution < -0.4 is 10.6 Å². The first kappa shape index (κ1) is 21.4. The summed E-state index contributed by atoms with van der Waals surface area (Å²) in [7, 11) is 1.82. The molecule has 0 aromatic carbocycles. The number of hydrogen-bond donors (Lipinski definition) is 2. The van der Waals surface area contributed by atoms with Crippen LogP contribution in [0.2, 0.25) is 0 Å². The van der Waals surface area contributed by atoms with E-state index in [2.05, 4.69) is 39.4 Å². The van der Waals surface area contributed by atoms with Crippen LogP contribution in [0, 0.1) is 19.8 Å². The van der Waals surface area contributed by atoms with Crippen molar-refractivity contribution in [2.75, 3.05) is 38.2 Å². The number of thiazole rings is 1. The minimum atomic E-state index is 0.216. The van der Waals surface area contributed by atoms with Gasteiger partial charge in [0.25, 0.3) is 0 Å². The fourth-order valence-corrected chi connectivity index (χ4v) is 5.85. The van der Waals surface area contributed by atoms with E-state index in [9.17, 15) is 4.79 Å². The molecule has 2 aliphatic rings. The Hall–Kier alpha value is -1.28. The Labute approximate surface area is 177 Å². The Morgan fingerprint density at radius 3 is 2.54 bits per heavy atom. The minimum absolute atomic E-state index is 0.216. The normalized spacial score (nSPS) is 23.5. The molecule has 8 heteroatoms. The van der Waals surface area contributed by atoms with Crippen LogP contribution in [0.15, 0.2) is 4.99 Å². The summed E-state index contributed by atoms with van der Waals surface area (Å²) in [5.41, 5.74) is 1.14. The van der Waals surface area contributed by atoms with Gasteiger partial charge in [0.2, 0.25) is 5.91 Å².